The molecule has 0 N–H and O–H groups in total. The summed E-state index contributed by atoms with van der Waals surface area (Å²) in [7, 11) is 0. The number of alkyl halides is 1. The summed E-state index contributed by atoms with van der Waals surface area (Å²) < 4.78 is 17.0. The first-order valence-corrected chi connectivity index (χ1v) is 7.26. The molecule has 21 heavy (non-hydrogen) atoms. The van der Waals surface area contributed by atoms with Crippen molar-refractivity contribution in [3.63, 3.8) is 0 Å². The molecular weight excluding hydrogens is 273 g/mol. The Labute approximate surface area is 119 Å². The van der Waals surface area contributed by atoms with Gasteiger partial charge in [-0.3, -0.25) is 14.5 Å². The Morgan fingerprint density at radius 2 is 2.10 bits per heavy atom. The molecule has 0 saturated heterocycles. The highest BCUT2D eigenvalue weighted by Crippen LogP contribution is 2.66. The third-order valence-corrected chi connectivity index (χ3v) is 5.15. The summed E-state index contributed by atoms with van der Waals surface area (Å²) in [4.78, 5) is 21.1. The molecule has 4 aliphatic rings. The molecule has 3 heterocycles. The standard InChI is InChI=1S/C14H14FN5O/c15-13-6-14(7-13,8-13)20-12(21)19-10(1-2-11(19)18-20)9-5-16-3-4-17-9/h3-5,10H,1-2,6-8H2/t10-,13?,14?/m0/s1. The average Bonchev–Trinajstić information content (AvgIpc) is 2.96. The van der Waals surface area contributed by atoms with Gasteiger partial charge in [-0.1, -0.05) is 0 Å². The van der Waals surface area contributed by atoms with Crippen LogP contribution in [-0.2, 0) is 12.0 Å². The van der Waals surface area contributed by atoms with Crippen LogP contribution in [0.1, 0.15) is 43.2 Å². The van der Waals surface area contributed by atoms with Gasteiger partial charge in [-0.2, -0.15) is 5.10 Å². The van der Waals surface area contributed by atoms with E-state index in [2.05, 4.69) is 15.1 Å². The van der Waals surface area contributed by atoms with E-state index in [1.807, 2.05) is 0 Å². The van der Waals surface area contributed by atoms with Crippen molar-refractivity contribution in [2.45, 2.75) is 49.4 Å². The Kier molecular flexibility index (Phi) is 1.88. The summed E-state index contributed by atoms with van der Waals surface area (Å²) in [6, 6.07) is -0.0957. The molecular formula is C14H14FN5O. The summed E-state index contributed by atoms with van der Waals surface area (Å²) >= 11 is 0. The quantitative estimate of drug-likeness (QED) is 0.825. The fraction of sp³-hybridized carbons (Fsp3) is 0.571. The van der Waals surface area contributed by atoms with Crippen LogP contribution >= 0.6 is 0 Å². The second kappa shape index (κ2) is 3.40. The lowest BCUT2D eigenvalue weighted by atomic mass is 9.47. The predicted octanol–water partition coefficient (Wildman–Crippen LogP) is 0.972. The molecule has 3 fully saturated rings. The van der Waals surface area contributed by atoms with E-state index in [1.54, 1.807) is 23.2 Å². The second-order valence-electron chi connectivity index (χ2n) is 6.57. The number of rotatable bonds is 2. The maximum atomic E-state index is 13.7. The minimum atomic E-state index is -1.03. The highest BCUT2D eigenvalue weighted by molar-refractivity contribution is 5.23. The van der Waals surface area contributed by atoms with Gasteiger partial charge in [-0.25, -0.2) is 13.9 Å². The maximum Gasteiger partial charge on any atom is 0.347 e. The van der Waals surface area contributed by atoms with Crippen molar-refractivity contribution in [3.8, 4) is 0 Å². The molecule has 2 aromatic heterocycles. The van der Waals surface area contributed by atoms with Crippen LogP contribution < -0.4 is 5.69 Å². The van der Waals surface area contributed by atoms with Crippen LogP contribution in [0.3, 0.4) is 0 Å². The average molecular weight is 287 g/mol. The van der Waals surface area contributed by atoms with Crippen molar-refractivity contribution in [2.24, 2.45) is 0 Å². The zero-order valence-electron chi connectivity index (χ0n) is 11.4. The molecule has 2 aromatic rings. The fourth-order valence-corrected chi connectivity index (χ4v) is 4.21. The first kappa shape index (κ1) is 11.6. The van der Waals surface area contributed by atoms with E-state index < -0.39 is 5.67 Å². The number of hydrogen-bond acceptors (Lipinski definition) is 4. The van der Waals surface area contributed by atoms with Crippen molar-refractivity contribution in [3.05, 3.63) is 40.6 Å². The Morgan fingerprint density at radius 1 is 1.29 bits per heavy atom. The van der Waals surface area contributed by atoms with E-state index in [0.29, 0.717) is 19.3 Å². The van der Waals surface area contributed by atoms with Gasteiger partial charge in [-0.15, -0.1) is 0 Å². The maximum absolute atomic E-state index is 13.7. The Morgan fingerprint density at radius 3 is 2.76 bits per heavy atom. The Balaban J connectivity index is 1.59. The van der Waals surface area contributed by atoms with Crippen molar-refractivity contribution < 1.29 is 4.39 Å². The second-order valence-corrected chi connectivity index (χ2v) is 6.57. The van der Waals surface area contributed by atoms with Gasteiger partial charge in [0.25, 0.3) is 0 Å². The Bertz CT molecular complexity index is 776. The van der Waals surface area contributed by atoms with Gasteiger partial charge < -0.3 is 0 Å². The van der Waals surface area contributed by atoms with Crippen molar-refractivity contribution in [1.82, 2.24) is 24.3 Å². The SMILES string of the molecule is O=c1n(C23CC(F)(C2)C3)nc2n1[C@H](c1cnccn1)CC2. The van der Waals surface area contributed by atoms with Gasteiger partial charge in [0.05, 0.1) is 23.5 Å². The lowest BCUT2D eigenvalue weighted by molar-refractivity contribution is -0.205. The van der Waals surface area contributed by atoms with Gasteiger partial charge in [0.1, 0.15) is 11.5 Å². The highest BCUT2D eigenvalue weighted by Gasteiger charge is 2.71. The molecule has 7 heteroatoms. The van der Waals surface area contributed by atoms with E-state index in [0.717, 1.165) is 24.4 Å². The van der Waals surface area contributed by atoms with Crippen LogP contribution in [0, 0.1) is 0 Å². The summed E-state index contributed by atoms with van der Waals surface area (Å²) in [5.41, 5.74) is -0.717. The summed E-state index contributed by atoms with van der Waals surface area (Å²) in [5.74, 6) is 0.785. The summed E-state index contributed by atoms with van der Waals surface area (Å²) in [6.45, 7) is 0. The monoisotopic (exact) mass is 287 g/mol. The molecule has 0 radical (unpaired) electrons. The highest BCUT2D eigenvalue weighted by atomic mass is 19.1. The van der Waals surface area contributed by atoms with Gasteiger partial charge in [0.2, 0.25) is 0 Å². The van der Waals surface area contributed by atoms with Crippen molar-refractivity contribution in [2.75, 3.05) is 0 Å². The first-order valence-electron chi connectivity index (χ1n) is 7.26. The van der Waals surface area contributed by atoms with Crippen molar-refractivity contribution in [1.29, 1.82) is 0 Å². The minimum absolute atomic E-state index is 0.0957. The molecule has 1 aliphatic heterocycles. The van der Waals surface area contributed by atoms with Gasteiger partial charge in [-0.05, 0) is 6.42 Å². The van der Waals surface area contributed by atoms with Crippen molar-refractivity contribution >= 4 is 0 Å². The number of hydrogen-bond donors (Lipinski definition) is 0. The van der Waals surface area contributed by atoms with E-state index in [-0.39, 0.29) is 17.3 Å². The lowest BCUT2D eigenvalue weighted by Crippen LogP contribution is -2.72. The smallest absolute Gasteiger partial charge is 0.270 e. The third kappa shape index (κ3) is 1.31. The van der Waals surface area contributed by atoms with Gasteiger partial charge >= 0.3 is 5.69 Å². The normalized spacial score (nSPS) is 36.0. The molecule has 0 unspecified atom stereocenters. The number of aromatic nitrogens is 5. The summed E-state index contributed by atoms with van der Waals surface area (Å²) in [5, 5.41) is 4.48. The molecule has 1 atom stereocenters. The largest absolute Gasteiger partial charge is 0.347 e. The number of fused-ring (bicyclic) bond motifs is 1. The molecule has 0 spiro atoms. The fourth-order valence-electron chi connectivity index (χ4n) is 4.21. The van der Waals surface area contributed by atoms with Crippen LogP contribution in [0.25, 0.3) is 0 Å². The molecule has 6 rings (SSSR count). The zero-order chi connectivity index (χ0) is 14.2. The van der Waals surface area contributed by atoms with Crippen LogP contribution in [-0.4, -0.2) is 30.0 Å². The minimum Gasteiger partial charge on any atom is -0.270 e. The zero-order valence-corrected chi connectivity index (χ0v) is 11.4. The van der Waals surface area contributed by atoms with E-state index in [1.165, 1.54) is 4.68 Å². The van der Waals surface area contributed by atoms with E-state index in [4.69, 9.17) is 0 Å². The van der Waals surface area contributed by atoms with Gasteiger partial charge in [0, 0.05) is 38.1 Å². The molecule has 2 bridgehead atoms. The predicted molar refractivity (Wildman–Crippen MR) is 70.6 cm³/mol. The Hall–Kier alpha value is -2.05. The topological polar surface area (TPSA) is 65.6 Å². The summed E-state index contributed by atoms with van der Waals surface area (Å²) in [6.07, 6.45) is 7.83. The molecule has 3 saturated carbocycles. The lowest BCUT2D eigenvalue weighted by Gasteiger charge is -2.64. The molecule has 108 valence electrons. The molecule has 0 aromatic carbocycles. The molecule has 6 nitrogen and oxygen atoms in total. The third-order valence-electron chi connectivity index (χ3n) is 5.15. The van der Waals surface area contributed by atoms with Crippen LogP contribution in [0.5, 0.6) is 0 Å². The van der Waals surface area contributed by atoms with Gasteiger partial charge in [0.15, 0.2) is 0 Å². The van der Waals surface area contributed by atoms with E-state index in [9.17, 15) is 9.18 Å². The van der Waals surface area contributed by atoms with Crippen LogP contribution in [0.2, 0.25) is 0 Å². The van der Waals surface area contributed by atoms with Crippen LogP contribution in [0.4, 0.5) is 4.39 Å². The van der Waals surface area contributed by atoms with Crippen LogP contribution in [0.15, 0.2) is 23.4 Å². The molecule has 0 amide bonds. The first-order chi connectivity index (χ1) is 10.1. The number of halogens is 1. The van der Waals surface area contributed by atoms with E-state index >= 15 is 0 Å². The molecule has 3 aliphatic carbocycles. The number of nitrogens with zero attached hydrogens (tertiary/aromatic N) is 5. The number of aryl methyl sites for hydroxylation is 1.